The van der Waals surface area contributed by atoms with Crippen LogP contribution < -0.4 is 0 Å². The molecule has 0 amide bonds. The van der Waals surface area contributed by atoms with E-state index in [1.54, 1.807) is 38.1 Å². The quantitative estimate of drug-likeness (QED) is 0.365. The normalized spacial score (nSPS) is 12.1. The average Bonchev–Trinajstić information content (AvgIpc) is 3.11. The number of benzene rings is 2. The molecular weight excluding hydrogens is 358 g/mol. The van der Waals surface area contributed by atoms with Crippen LogP contribution in [0.25, 0.3) is 17.0 Å². The van der Waals surface area contributed by atoms with Crippen molar-refractivity contribution < 1.29 is 19.1 Å². The number of esters is 1. The molecule has 7 heteroatoms. The third-order valence-electron chi connectivity index (χ3n) is 3.83. The molecule has 0 aliphatic carbocycles. The van der Waals surface area contributed by atoms with Gasteiger partial charge in [-0.15, -0.1) is 5.11 Å². The summed E-state index contributed by atoms with van der Waals surface area (Å²) in [6.07, 6.45) is 0. The summed E-state index contributed by atoms with van der Waals surface area (Å²) < 4.78 is 10.4. The van der Waals surface area contributed by atoms with Crippen LogP contribution in [0, 0.1) is 0 Å². The van der Waals surface area contributed by atoms with Gasteiger partial charge in [-0.3, -0.25) is 0 Å². The first kappa shape index (κ1) is 19.0. The third-order valence-corrected chi connectivity index (χ3v) is 3.83. The number of rotatable bonds is 6. The van der Waals surface area contributed by atoms with Crippen molar-refractivity contribution in [3.63, 3.8) is 0 Å². The summed E-state index contributed by atoms with van der Waals surface area (Å²) in [6.45, 7) is 3.47. The third kappa shape index (κ3) is 4.32. The highest BCUT2D eigenvalue weighted by Gasteiger charge is 2.22. The van der Waals surface area contributed by atoms with Crippen LogP contribution in [-0.2, 0) is 9.53 Å². The highest BCUT2D eigenvalue weighted by atomic mass is 16.5. The number of carbonyl (C=O) groups excluding carboxylic acids is 1. The Labute approximate surface area is 162 Å². The van der Waals surface area contributed by atoms with E-state index in [1.807, 2.05) is 36.4 Å². The predicted octanol–water partition coefficient (Wildman–Crippen LogP) is 5.13. The Morgan fingerprint density at radius 2 is 1.75 bits per heavy atom. The minimum absolute atomic E-state index is 0.0612. The fourth-order valence-electron chi connectivity index (χ4n) is 2.44. The molecule has 7 nitrogen and oxygen atoms in total. The fourth-order valence-corrected chi connectivity index (χ4v) is 2.44. The van der Waals surface area contributed by atoms with Gasteiger partial charge < -0.3 is 14.3 Å². The van der Waals surface area contributed by atoms with Gasteiger partial charge in [-0.1, -0.05) is 36.4 Å². The molecule has 1 N–H and O–H groups in total. The standard InChI is InChI=1S/C21H19N3O4/c1-3-27-20(25)18(24-23-16-12-8-5-9-13-16)14(2)17-21(26)28-19(22-17)15-10-6-4-7-11-15/h4-13,26H,3H2,1-2H3/b18-14-,24-23?. The van der Waals surface area contributed by atoms with E-state index in [0.29, 0.717) is 16.8 Å². The Bertz CT molecular complexity index is 1010. The van der Waals surface area contributed by atoms with Gasteiger partial charge in [0.15, 0.2) is 11.4 Å². The molecule has 142 valence electrons. The van der Waals surface area contributed by atoms with E-state index in [9.17, 15) is 9.90 Å². The second kappa shape index (κ2) is 8.77. The van der Waals surface area contributed by atoms with Crippen molar-refractivity contribution in [2.24, 2.45) is 10.2 Å². The number of ether oxygens (including phenoxy) is 1. The van der Waals surface area contributed by atoms with Gasteiger partial charge in [0.2, 0.25) is 5.89 Å². The molecule has 0 spiro atoms. The molecule has 3 rings (SSSR count). The maximum atomic E-state index is 12.4. The van der Waals surface area contributed by atoms with Crippen molar-refractivity contribution >= 4 is 17.2 Å². The first-order valence-corrected chi connectivity index (χ1v) is 8.70. The highest BCUT2D eigenvalue weighted by Crippen LogP contribution is 2.33. The van der Waals surface area contributed by atoms with E-state index in [1.165, 1.54) is 0 Å². The molecule has 0 bridgehead atoms. The topological polar surface area (TPSA) is 97.3 Å². The maximum absolute atomic E-state index is 12.4. The van der Waals surface area contributed by atoms with E-state index in [2.05, 4.69) is 15.2 Å². The monoisotopic (exact) mass is 377 g/mol. The van der Waals surface area contributed by atoms with E-state index in [4.69, 9.17) is 9.15 Å². The Kier molecular flexibility index (Phi) is 5.96. The minimum atomic E-state index is -0.664. The Hall–Kier alpha value is -3.74. The lowest BCUT2D eigenvalue weighted by Crippen LogP contribution is -2.07. The van der Waals surface area contributed by atoms with Gasteiger partial charge in [-0.25, -0.2) is 9.78 Å². The van der Waals surface area contributed by atoms with Gasteiger partial charge in [-0.2, -0.15) is 5.11 Å². The zero-order chi connectivity index (χ0) is 19.9. The molecule has 3 aromatic rings. The predicted molar refractivity (Wildman–Crippen MR) is 104 cm³/mol. The molecule has 0 aliphatic rings. The molecule has 2 aromatic carbocycles. The molecule has 28 heavy (non-hydrogen) atoms. The summed E-state index contributed by atoms with van der Waals surface area (Å²) >= 11 is 0. The largest absolute Gasteiger partial charge is 0.479 e. The van der Waals surface area contributed by atoms with E-state index in [0.717, 1.165) is 0 Å². The lowest BCUT2D eigenvalue weighted by atomic mass is 10.1. The summed E-state index contributed by atoms with van der Waals surface area (Å²) in [5.41, 5.74) is 1.61. The highest BCUT2D eigenvalue weighted by molar-refractivity contribution is 5.97. The van der Waals surface area contributed by atoms with E-state index < -0.39 is 11.9 Å². The molecular formula is C21H19N3O4. The van der Waals surface area contributed by atoms with Gasteiger partial charge in [-0.05, 0) is 38.1 Å². The molecule has 0 saturated carbocycles. The SMILES string of the molecule is CCOC(=O)/C(N=Nc1ccccc1)=C(\C)c1nc(-c2ccccc2)oc1O. The summed E-state index contributed by atoms with van der Waals surface area (Å²) in [5.74, 6) is -0.841. The second-order valence-corrected chi connectivity index (χ2v) is 5.77. The number of allylic oxidation sites excluding steroid dienone is 1. The van der Waals surface area contributed by atoms with Crippen LogP contribution in [0.1, 0.15) is 19.5 Å². The molecule has 0 fully saturated rings. The molecule has 0 unspecified atom stereocenters. The van der Waals surface area contributed by atoms with Crippen molar-refractivity contribution in [3.05, 3.63) is 72.1 Å². The first-order valence-electron chi connectivity index (χ1n) is 8.70. The molecule has 1 aromatic heterocycles. The average molecular weight is 377 g/mol. The van der Waals surface area contributed by atoms with Crippen molar-refractivity contribution in [2.75, 3.05) is 6.61 Å². The summed E-state index contributed by atoms with van der Waals surface area (Å²) in [6, 6.07) is 18.1. The summed E-state index contributed by atoms with van der Waals surface area (Å²) in [4.78, 5) is 16.7. The lowest BCUT2D eigenvalue weighted by molar-refractivity contribution is -0.138. The van der Waals surface area contributed by atoms with Crippen molar-refractivity contribution in [3.8, 4) is 17.4 Å². The van der Waals surface area contributed by atoms with Gasteiger partial charge >= 0.3 is 11.9 Å². The maximum Gasteiger partial charge on any atom is 0.359 e. The number of hydrogen-bond acceptors (Lipinski definition) is 7. The zero-order valence-electron chi connectivity index (χ0n) is 15.5. The first-order chi connectivity index (χ1) is 13.6. The van der Waals surface area contributed by atoms with Crippen LogP contribution in [0.4, 0.5) is 5.69 Å². The second-order valence-electron chi connectivity index (χ2n) is 5.77. The number of hydrogen-bond donors (Lipinski definition) is 1. The smallest absolute Gasteiger partial charge is 0.359 e. The van der Waals surface area contributed by atoms with Gasteiger partial charge in [0, 0.05) is 11.1 Å². The molecule has 0 atom stereocenters. The fraction of sp³-hybridized carbons (Fsp3) is 0.143. The lowest BCUT2D eigenvalue weighted by Gasteiger charge is -2.05. The van der Waals surface area contributed by atoms with Crippen molar-refractivity contribution in [2.45, 2.75) is 13.8 Å². The Morgan fingerprint density at radius 3 is 2.39 bits per heavy atom. The Balaban J connectivity index is 2.03. The van der Waals surface area contributed by atoms with E-state index >= 15 is 0 Å². The van der Waals surface area contributed by atoms with E-state index in [-0.39, 0.29) is 23.9 Å². The van der Waals surface area contributed by atoms with Gasteiger partial charge in [0.1, 0.15) is 0 Å². The summed E-state index contributed by atoms with van der Waals surface area (Å²) in [5, 5.41) is 18.3. The Morgan fingerprint density at radius 1 is 1.11 bits per heavy atom. The number of oxazole rings is 1. The van der Waals surface area contributed by atoms with Crippen LogP contribution in [0.2, 0.25) is 0 Å². The minimum Gasteiger partial charge on any atom is -0.479 e. The summed E-state index contributed by atoms with van der Waals surface area (Å²) in [7, 11) is 0. The van der Waals surface area contributed by atoms with Crippen LogP contribution >= 0.6 is 0 Å². The number of aromatic nitrogens is 1. The molecule has 0 saturated heterocycles. The van der Waals surface area contributed by atoms with Crippen LogP contribution in [0.15, 0.2) is 81.0 Å². The zero-order valence-corrected chi connectivity index (χ0v) is 15.5. The van der Waals surface area contributed by atoms with Crippen LogP contribution in [0.5, 0.6) is 5.95 Å². The van der Waals surface area contributed by atoms with Crippen molar-refractivity contribution in [1.29, 1.82) is 0 Å². The van der Waals surface area contributed by atoms with Crippen LogP contribution in [-0.4, -0.2) is 22.7 Å². The number of carbonyl (C=O) groups is 1. The number of azo groups is 1. The van der Waals surface area contributed by atoms with Gasteiger partial charge in [0.05, 0.1) is 12.3 Å². The number of aromatic hydroxyl groups is 1. The van der Waals surface area contributed by atoms with Gasteiger partial charge in [0.25, 0.3) is 0 Å². The van der Waals surface area contributed by atoms with Crippen molar-refractivity contribution in [1.82, 2.24) is 4.98 Å². The number of nitrogens with zero attached hydrogens (tertiary/aromatic N) is 3. The molecule has 0 aliphatic heterocycles. The van der Waals surface area contributed by atoms with Crippen LogP contribution in [0.3, 0.4) is 0 Å². The molecule has 0 radical (unpaired) electrons. The molecule has 1 heterocycles.